The van der Waals surface area contributed by atoms with E-state index in [4.69, 9.17) is 53.7 Å². The zero-order chi connectivity index (χ0) is 25.8. The SMILES string of the molecule is C#CC(O)CC[C@@H]1O[C@H]1COC(=O)OC(C)(C)C.[C-]#[O+].[C-]#[O+].[C-]#[O+].[C-]#[O+].[C-]#[O+].[C-]#[O+].[Co].[Co]. The van der Waals surface area contributed by atoms with Crippen LogP contribution in [0.15, 0.2) is 0 Å². The number of hydrogen-bond donors (Lipinski definition) is 1. The van der Waals surface area contributed by atoms with E-state index in [2.05, 4.69) is 45.8 Å². The van der Waals surface area contributed by atoms with Gasteiger partial charge in [0.2, 0.25) is 0 Å². The Kier molecular flexibility index (Phi) is 70.4. The molecule has 1 rings (SSSR count). The maximum absolute atomic E-state index is 11.2. The van der Waals surface area contributed by atoms with Crippen LogP contribution in [0, 0.1) is 52.2 Å². The fourth-order valence-corrected chi connectivity index (χ4v) is 1.41. The van der Waals surface area contributed by atoms with Crippen LogP contribution in [0.1, 0.15) is 33.6 Å². The van der Waals surface area contributed by atoms with Gasteiger partial charge in [-0.2, -0.15) is 0 Å². The molecule has 0 spiro atoms. The molecular formula is C19H20Co2O11. The maximum atomic E-state index is 11.2. The molecule has 0 amide bonds. The quantitative estimate of drug-likeness (QED) is 0.180. The van der Waals surface area contributed by atoms with Crippen LogP contribution in [0.25, 0.3) is 0 Å². The van der Waals surface area contributed by atoms with Crippen LogP contribution in [-0.2, 0) is 75.7 Å². The molecule has 1 heterocycles. The zero-order valence-electron chi connectivity index (χ0n) is 17.1. The van der Waals surface area contributed by atoms with E-state index in [9.17, 15) is 4.79 Å². The molecule has 0 bridgehead atoms. The summed E-state index contributed by atoms with van der Waals surface area (Å²) in [5, 5.41) is 9.17. The van der Waals surface area contributed by atoms with Gasteiger partial charge in [0, 0.05) is 33.6 Å². The van der Waals surface area contributed by atoms with E-state index in [1.807, 2.05) is 0 Å². The predicted octanol–water partition coefficient (Wildman–Crippen LogP) is 1.25. The number of hydrogen-bond acceptors (Lipinski definition) is 5. The number of rotatable bonds is 5. The first-order chi connectivity index (χ1) is 14.3. The van der Waals surface area contributed by atoms with E-state index in [1.54, 1.807) is 20.8 Å². The minimum atomic E-state index is -0.735. The standard InChI is InChI=1S/C13H20O5.6CO.2Co/c1-5-9(14)6-7-10-11(17-10)8-16-12(15)18-13(2,3)4;6*1-2;;/h1,9-11,14H,6-8H2,2-4H3;;;;;;;;/t9?,10-,11-;;;;;;;;/m0......../s1. The summed E-state index contributed by atoms with van der Waals surface area (Å²) in [5.41, 5.74) is -0.558. The van der Waals surface area contributed by atoms with Gasteiger partial charge in [0.05, 0.1) is 6.10 Å². The van der Waals surface area contributed by atoms with Crippen molar-refractivity contribution in [3.8, 4) is 12.3 Å². The Bertz CT molecular complexity index is 520. The molecule has 1 fully saturated rings. The van der Waals surface area contributed by atoms with E-state index in [1.165, 1.54) is 0 Å². The molecule has 0 aromatic rings. The third-order valence-corrected chi connectivity index (χ3v) is 2.36. The van der Waals surface area contributed by atoms with Crippen LogP contribution < -0.4 is 0 Å². The Balaban J connectivity index is -0.0000000594. The van der Waals surface area contributed by atoms with E-state index in [-0.39, 0.29) is 52.4 Å². The molecule has 2 radical (unpaired) electrons. The Morgan fingerprint density at radius 1 is 0.969 bits per heavy atom. The Hall–Kier alpha value is -1.80. The summed E-state index contributed by atoms with van der Waals surface area (Å²) in [6, 6.07) is 0. The van der Waals surface area contributed by atoms with Crippen LogP contribution in [0.4, 0.5) is 4.79 Å². The molecule has 13 heteroatoms. The fraction of sp³-hybridized carbons (Fsp3) is 0.526. The number of aliphatic hydroxyl groups excluding tert-OH is 1. The first-order valence-corrected chi connectivity index (χ1v) is 7.19. The number of ether oxygens (including phenoxy) is 3. The summed E-state index contributed by atoms with van der Waals surface area (Å²) in [6.45, 7) is 32.5. The van der Waals surface area contributed by atoms with Gasteiger partial charge in [0.15, 0.2) is 0 Å². The summed E-state index contributed by atoms with van der Waals surface area (Å²) >= 11 is 0. The minimum Gasteiger partial charge on any atom is 0 e. The van der Waals surface area contributed by atoms with Gasteiger partial charge in [-0.05, 0) is 33.6 Å². The van der Waals surface area contributed by atoms with Gasteiger partial charge in [-0.15, -0.1) is 6.42 Å². The Labute approximate surface area is 208 Å². The first-order valence-electron chi connectivity index (χ1n) is 7.19. The smallest absolute Gasteiger partial charge is 0 e. The van der Waals surface area contributed by atoms with Crippen molar-refractivity contribution in [3.05, 3.63) is 39.9 Å². The van der Waals surface area contributed by atoms with Crippen LogP contribution in [-0.4, -0.2) is 41.8 Å². The van der Waals surface area contributed by atoms with E-state index < -0.39 is 17.9 Å². The van der Waals surface area contributed by atoms with Crippen molar-refractivity contribution in [1.29, 1.82) is 0 Å². The van der Waals surface area contributed by atoms with Crippen molar-refractivity contribution < 1.29 is 85.6 Å². The number of terminal acetylenes is 1. The molecule has 1 aliphatic heterocycles. The number of aliphatic hydroxyl groups is 1. The second kappa shape index (κ2) is 43.1. The summed E-state index contributed by atoms with van der Waals surface area (Å²) in [5.74, 6) is 2.23. The topological polar surface area (TPSA) is 188 Å². The monoisotopic (exact) mass is 542 g/mol. The molecule has 0 saturated carbocycles. The van der Waals surface area contributed by atoms with E-state index >= 15 is 0 Å². The summed E-state index contributed by atoms with van der Waals surface area (Å²) < 4.78 is 60.2. The molecule has 11 nitrogen and oxygen atoms in total. The molecule has 1 aliphatic rings. The zero-order valence-corrected chi connectivity index (χ0v) is 19.2. The van der Waals surface area contributed by atoms with Gasteiger partial charge in [-0.25, -0.2) is 4.79 Å². The van der Waals surface area contributed by atoms with Gasteiger partial charge in [0.25, 0.3) is 0 Å². The molecule has 180 valence electrons. The van der Waals surface area contributed by atoms with E-state index in [0.717, 1.165) is 0 Å². The largest absolute Gasteiger partial charge is 0 e. The number of carbonyl (C=O) groups excluding carboxylic acids is 1. The van der Waals surface area contributed by atoms with Gasteiger partial charge in [-0.3, -0.25) is 0 Å². The first kappa shape index (κ1) is 52.2. The third-order valence-electron chi connectivity index (χ3n) is 2.36. The van der Waals surface area contributed by atoms with Crippen LogP contribution in [0.2, 0.25) is 0 Å². The van der Waals surface area contributed by atoms with Gasteiger partial charge in [-0.1, -0.05) is 5.92 Å². The summed E-state index contributed by atoms with van der Waals surface area (Å²) in [7, 11) is 0. The minimum absolute atomic E-state index is 0. The van der Waals surface area contributed by atoms with Crippen molar-refractivity contribution in [2.24, 2.45) is 0 Å². The van der Waals surface area contributed by atoms with Gasteiger partial charge in [0.1, 0.15) is 24.4 Å². The summed E-state index contributed by atoms with van der Waals surface area (Å²) in [4.78, 5) is 11.2. The molecule has 0 aromatic heterocycles. The van der Waals surface area contributed by atoms with Crippen molar-refractivity contribution in [2.75, 3.05) is 6.61 Å². The van der Waals surface area contributed by atoms with Gasteiger partial charge >= 0.3 is 74.0 Å². The average Bonchev–Trinajstić information content (AvgIpc) is 3.56. The van der Waals surface area contributed by atoms with Crippen LogP contribution in [0.5, 0.6) is 0 Å². The number of epoxide rings is 1. The molecule has 0 aromatic carbocycles. The second-order valence-corrected chi connectivity index (χ2v) is 5.25. The van der Waals surface area contributed by atoms with Crippen LogP contribution in [0.3, 0.4) is 0 Å². The van der Waals surface area contributed by atoms with Crippen molar-refractivity contribution in [2.45, 2.75) is 57.5 Å². The third kappa shape index (κ3) is 46.4. The maximum Gasteiger partial charge on any atom is 0 e. The predicted molar refractivity (Wildman–Crippen MR) is 88.5 cm³/mol. The molecule has 1 saturated heterocycles. The average molecular weight is 542 g/mol. The second-order valence-electron chi connectivity index (χ2n) is 5.25. The van der Waals surface area contributed by atoms with Crippen molar-refractivity contribution in [3.63, 3.8) is 0 Å². The Morgan fingerprint density at radius 2 is 1.34 bits per heavy atom. The molecule has 0 aliphatic carbocycles. The van der Waals surface area contributed by atoms with Gasteiger partial charge < -0.3 is 19.3 Å². The molecule has 3 atom stereocenters. The summed E-state index contributed by atoms with van der Waals surface area (Å²) in [6.07, 6.45) is 4.67. The Morgan fingerprint density at radius 3 is 1.66 bits per heavy atom. The molecule has 1 N–H and O–H groups in total. The van der Waals surface area contributed by atoms with Crippen molar-refractivity contribution in [1.82, 2.24) is 0 Å². The molecule has 32 heavy (non-hydrogen) atoms. The molecular weight excluding hydrogens is 522 g/mol. The van der Waals surface area contributed by atoms with E-state index in [0.29, 0.717) is 12.8 Å². The normalized spacial score (nSPS) is 13.8. The fourth-order valence-electron chi connectivity index (χ4n) is 1.41. The van der Waals surface area contributed by atoms with Crippen LogP contribution >= 0.6 is 0 Å². The van der Waals surface area contributed by atoms with Crippen molar-refractivity contribution >= 4 is 6.16 Å². The number of carbonyl (C=O) groups is 1. The molecule has 1 unspecified atom stereocenters.